The lowest BCUT2D eigenvalue weighted by Gasteiger charge is -2.09. The van der Waals surface area contributed by atoms with Gasteiger partial charge in [-0.25, -0.2) is 9.67 Å². The molecule has 8 heteroatoms. The summed E-state index contributed by atoms with van der Waals surface area (Å²) >= 11 is 5.93. The molecule has 0 radical (unpaired) electrons. The molecule has 5 nitrogen and oxygen atoms in total. The second-order valence-corrected chi connectivity index (χ2v) is 6.11. The van der Waals surface area contributed by atoms with Crippen molar-refractivity contribution < 1.29 is 8.78 Å². The van der Waals surface area contributed by atoms with Crippen LogP contribution in [0.15, 0.2) is 36.7 Å². The predicted octanol–water partition coefficient (Wildman–Crippen LogP) is 4.02. The Kier molecular flexibility index (Phi) is 5.15. The summed E-state index contributed by atoms with van der Waals surface area (Å²) in [7, 11) is 0. The molecular weight excluding hydrogens is 348 g/mol. The fraction of sp³-hybridized carbons (Fsp3) is 0.294. The number of aryl methyl sites for hydroxylation is 1. The Morgan fingerprint density at radius 1 is 1.16 bits per heavy atom. The SMILES string of the molecule is Cc1nn(-c2ccc(Cl)cc2)c(C)c1CNCc1nccn1C(F)F. The van der Waals surface area contributed by atoms with Crippen LogP contribution >= 0.6 is 11.6 Å². The van der Waals surface area contributed by atoms with Gasteiger partial charge in [-0.1, -0.05) is 11.6 Å². The topological polar surface area (TPSA) is 47.7 Å². The van der Waals surface area contributed by atoms with Crippen molar-refractivity contribution in [3.8, 4) is 5.69 Å². The number of benzene rings is 1. The van der Waals surface area contributed by atoms with Crippen LogP contribution in [0.2, 0.25) is 5.02 Å². The number of aromatic nitrogens is 4. The molecule has 0 atom stereocenters. The van der Waals surface area contributed by atoms with E-state index in [1.807, 2.05) is 42.8 Å². The Labute approximate surface area is 149 Å². The summed E-state index contributed by atoms with van der Waals surface area (Å²) in [6, 6.07) is 7.43. The molecule has 0 aliphatic rings. The van der Waals surface area contributed by atoms with Gasteiger partial charge in [-0.3, -0.25) is 4.57 Å². The highest BCUT2D eigenvalue weighted by molar-refractivity contribution is 6.30. The number of rotatable bonds is 6. The molecule has 1 N–H and O–H groups in total. The largest absolute Gasteiger partial charge is 0.319 e. The summed E-state index contributed by atoms with van der Waals surface area (Å²) in [6.45, 7) is 2.09. The maximum absolute atomic E-state index is 12.8. The van der Waals surface area contributed by atoms with Crippen molar-refractivity contribution in [3.63, 3.8) is 0 Å². The van der Waals surface area contributed by atoms with E-state index in [1.165, 1.54) is 12.4 Å². The molecule has 0 saturated heterocycles. The lowest BCUT2D eigenvalue weighted by atomic mass is 10.2. The van der Waals surface area contributed by atoms with Crippen LogP contribution in [0.3, 0.4) is 0 Å². The molecule has 0 aliphatic carbocycles. The van der Waals surface area contributed by atoms with E-state index in [9.17, 15) is 8.78 Å². The van der Waals surface area contributed by atoms with Crippen LogP contribution < -0.4 is 5.32 Å². The van der Waals surface area contributed by atoms with Crippen molar-refractivity contribution in [1.82, 2.24) is 24.6 Å². The van der Waals surface area contributed by atoms with E-state index in [0.29, 0.717) is 17.4 Å². The van der Waals surface area contributed by atoms with E-state index in [2.05, 4.69) is 15.4 Å². The summed E-state index contributed by atoms with van der Waals surface area (Å²) in [5, 5.41) is 8.40. The van der Waals surface area contributed by atoms with E-state index in [0.717, 1.165) is 27.2 Å². The number of nitrogens with zero attached hydrogens (tertiary/aromatic N) is 4. The number of alkyl halides is 2. The fourth-order valence-electron chi connectivity index (χ4n) is 2.72. The van der Waals surface area contributed by atoms with Gasteiger partial charge in [-0.05, 0) is 38.1 Å². The van der Waals surface area contributed by atoms with Crippen molar-refractivity contribution >= 4 is 11.6 Å². The molecule has 2 aromatic heterocycles. The molecule has 0 aliphatic heterocycles. The highest BCUT2D eigenvalue weighted by Gasteiger charge is 2.14. The second kappa shape index (κ2) is 7.33. The summed E-state index contributed by atoms with van der Waals surface area (Å²) in [5.41, 5.74) is 3.83. The minimum absolute atomic E-state index is 0.252. The number of hydrogen-bond acceptors (Lipinski definition) is 3. The average Bonchev–Trinajstić information content (AvgIpc) is 3.15. The van der Waals surface area contributed by atoms with Crippen LogP contribution in [0.1, 0.15) is 29.3 Å². The molecule has 132 valence electrons. The zero-order valence-electron chi connectivity index (χ0n) is 13.9. The second-order valence-electron chi connectivity index (χ2n) is 5.67. The molecule has 0 saturated carbocycles. The normalized spacial score (nSPS) is 11.4. The third kappa shape index (κ3) is 3.72. The first-order valence-electron chi connectivity index (χ1n) is 7.79. The molecule has 0 amide bonds. The fourth-order valence-corrected chi connectivity index (χ4v) is 2.85. The Bertz CT molecular complexity index is 855. The first-order chi connectivity index (χ1) is 12.0. The molecule has 0 spiro atoms. The van der Waals surface area contributed by atoms with Gasteiger partial charge in [0.25, 0.3) is 0 Å². The average molecular weight is 366 g/mol. The van der Waals surface area contributed by atoms with Gasteiger partial charge < -0.3 is 5.32 Å². The van der Waals surface area contributed by atoms with Gasteiger partial charge in [0.2, 0.25) is 0 Å². The zero-order chi connectivity index (χ0) is 18.0. The van der Waals surface area contributed by atoms with Crippen LogP contribution in [-0.4, -0.2) is 19.3 Å². The molecular formula is C17H18ClF2N5. The highest BCUT2D eigenvalue weighted by Crippen LogP contribution is 2.20. The number of hydrogen-bond donors (Lipinski definition) is 1. The van der Waals surface area contributed by atoms with E-state index < -0.39 is 6.55 Å². The van der Waals surface area contributed by atoms with Gasteiger partial charge in [-0.2, -0.15) is 13.9 Å². The molecule has 0 fully saturated rings. The van der Waals surface area contributed by atoms with Crippen molar-refractivity contribution in [2.45, 2.75) is 33.5 Å². The van der Waals surface area contributed by atoms with E-state index in [1.54, 1.807) is 0 Å². The Balaban J connectivity index is 1.73. The van der Waals surface area contributed by atoms with Crippen molar-refractivity contribution in [3.05, 3.63) is 64.5 Å². The van der Waals surface area contributed by atoms with Crippen molar-refractivity contribution in [2.75, 3.05) is 0 Å². The summed E-state index contributed by atoms with van der Waals surface area (Å²) in [6.07, 6.45) is 2.65. The first-order valence-corrected chi connectivity index (χ1v) is 8.16. The summed E-state index contributed by atoms with van der Waals surface area (Å²) < 4.78 is 28.4. The third-order valence-corrected chi connectivity index (χ3v) is 4.31. The van der Waals surface area contributed by atoms with Gasteiger partial charge in [0, 0.05) is 35.2 Å². The maximum atomic E-state index is 12.8. The van der Waals surface area contributed by atoms with E-state index >= 15 is 0 Å². The molecule has 3 rings (SSSR count). The number of halogens is 3. The number of imidazole rings is 1. The van der Waals surface area contributed by atoms with Gasteiger partial charge in [-0.15, -0.1) is 0 Å². The van der Waals surface area contributed by atoms with Crippen LogP contribution in [0.25, 0.3) is 5.69 Å². The van der Waals surface area contributed by atoms with Crippen molar-refractivity contribution in [2.24, 2.45) is 0 Å². The molecule has 1 aromatic carbocycles. The monoisotopic (exact) mass is 365 g/mol. The first kappa shape index (κ1) is 17.6. The van der Waals surface area contributed by atoms with E-state index in [4.69, 9.17) is 11.6 Å². The molecule has 3 aromatic rings. The van der Waals surface area contributed by atoms with Gasteiger partial charge in [0.1, 0.15) is 5.82 Å². The Morgan fingerprint density at radius 3 is 2.56 bits per heavy atom. The van der Waals surface area contributed by atoms with Crippen LogP contribution in [0.5, 0.6) is 0 Å². The lowest BCUT2D eigenvalue weighted by Crippen LogP contribution is -2.17. The smallest absolute Gasteiger partial charge is 0.306 e. The Morgan fingerprint density at radius 2 is 1.88 bits per heavy atom. The summed E-state index contributed by atoms with van der Waals surface area (Å²) in [5.74, 6) is 0.301. The molecule has 0 bridgehead atoms. The van der Waals surface area contributed by atoms with Gasteiger partial charge >= 0.3 is 6.55 Å². The predicted molar refractivity (Wildman–Crippen MR) is 92.1 cm³/mol. The number of nitrogens with one attached hydrogen (secondary N) is 1. The minimum Gasteiger partial charge on any atom is -0.306 e. The van der Waals surface area contributed by atoms with Gasteiger partial charge in [0.05, 0.1) is 17.9 Å². The molecule has 0 unspecified atom stereocenters. The third-order valence-electron chi connectivity index (χ3n) is 4.06. The van der Waals surface area contributed by atoms with Crippen LogP contribution in [0.4, 0.5) is 8.78 Å². The van der Waals surface area contributed by atoms with Crippen LogP contribution in [-0.2, 0) is 13.1 Å². The lowest BCUT2D eigenvalue weighted by molar-refractivity contribution is 0.0666. The quantitative estimate of drug-likeness (QED) is 0.717. The molecule has 25 heavy (non-hydrogen) atoms. The standard InChI is InChI=1S/C17H18ClF2N5/c1-11-15(9-21-10-16-22-7-8-24(16)17(19)20)12(2)25(23-11)14-5-3-13(18)4-6-14/h3-8,17,21H,9-10H2,1-2H3. The highest BCUT2D eigenvalue weighted by atomic mass is 35.5. The summed E-state index contributed by atoms with van der Waals surface area (Å²) in [4.78, 5) is 3.96. The Hall–Kier alpha value is -2.25. The maximum Gasteiger partial charge on any atom is 0.319 e. The van der Waals surface area contributed by atoms with Crippen molar-refractivity contribution in [1.29, 1.82) is 0 Å². The van der Waals surface area contributed by atoms with Gasteiger partial charge in [0.15, 0.2) is 0 Å². The van der Waals surface area contributed by atoms with E-state index in [-0.39, 0.29) is 6.54 Å². The molecule has 2 heterocycles. The van der Waals surface area contributed by atoms with Crippen LogP contribution in [0, 0.1) is 13.8 Å². The zero-order valence-corrected chi connectivity index (χ0v) is 14.6. The minimum atomic E-state index is -2.59.